The van der Waals surface area contributed by atoms with Gasteiger partial charge in [0.2, 0.25) is 25.0 Å². The summed E-state index contributed by atoms with van der Waals surface area (Å²) in [5, 5.41) is 0. The molecule has 0 atom stereocenters. The molecule has 0 saturated heterocycles. The van der Waals surface area contributed by atoms with E-state index in [9.17, 15) is 4.79 Å². The summed E-state index contributed by atoms with van der Waals surface area (Å²) < 4.78 is 24.0. The highest BCUT2D eigenvalue weighted by Gasteiger charge is 2.29. The van der Waals surface area contributed by atoms with Gasteiger partial charge in [-0.05, 0) is 78.0 Å². The average Bonchev–Trinajstić information content (AvgIpc) is 2.37. The van der Waals surface area contributed by atoms with Crippen LogP contribution in [0.25, 0.3) is 0 Å². The highest BCUT2D eigenvalue weighted by Crippen LogP contribution is 2.42. The van der Waals surface area contributed by atoms with Gasteiger partial charge in [0.1, 0.15) is 11.5 Å². The number of hydrogen-bond acceptors (Lipinski definition) is 5. The van der Waals surface area contributed by atoms with Crippen molar-refractivity contribution in [1.82, 2.24) is 0 Å². The summed E-state index contributed by atoms with van der Waals surface area (Å²) in [4.78, 5) is 12.3. The first-order valence-electron chi connectivity index (χ1n) is 9.03. The van der Waals surface area contributed by atoms with Crippen LogP contribution in [0.4, 0.5) is 0 Å². The van der Waals surface area contributed by atoms with Crippen molar-refractivity contribution >= 4 is 30.9 Å². The van der Waals surface area contributed by atoms with Crippen LogP contribution in [0.5, 0.6) is 17.2 Å². The largest absolute Gasteiger partial charge is 0.542 e. The van der Waals surface area contributed by atoms with Crippen molar-refractivity contribution in [1.29, 1.82) is 0 Å². The zero-order valence-electron chi connectivity index (χ0n) is 17.9. The normalized spacial score (nSPS) is 12.5. The summed E-state index contributed by atoms with van der Waals surface area (Å²) in [6, 6.07) is 3.45. The minimum absolute atomic E-state index is 0.320. The molecule has 26 heavy (non-hydrogen) atoms. The minimum atomic E-state index is -1.92. The zero-order chi connectivity index (χ0) is 20.3. The minimum Gasteiger partial charge on any atom is -0.542 e. The summed E-state index contributed by atoms with van der Waals surface area (Å²) in [6.07, 6.45) is 0. The van der Waals surface area contributed by atoms with Gasteiger partial charge in [-0.3, -0.25) is 0 Å². The van der Waals surface area contributed by atoms with Crippen LogP contribution in [0.1, 0.15) is 17.3 Å². The molecule has 8 heteroatoms. The molecule has 0 unspecified atom stereocenters. The van der Waals surface area contributed by atoms with E-state index in [0.29, 0.717) is 29.4 Å². The lowest BCUT2D eigenvalue weighted by Crippen LogP contribution is -2.34. The topological polar surface area (TPSA) is 54.0 Å². The van der Waals surface area contributed by atoms with Crippen molar-refractivity contribution < 1.29 is 22.8 Å². The molecule has 0 bridgehead atoms. The maximum atomic E-state index is 12.3. The Bertz CT molecular complexity index is 603. The number of carbonyl (C=O) groups excluding carboxylic acids is 1. The lowest BCUT2D eigenvalue weighted by atomic mass is 10.2. The summed E-state index contributed by atoms with van der Waals surface area (Å²) in [5.74, 6) is 1.38. The van der Waals surface area contributed by atoms with Crippen LogP contribution in [-0.4, -0.2) is 37.5 Å². The highest BCUT2D eigenvalue weighted by atomic mass is 28.4. The molecule has 0 saturated carbocycles. The van der Waals surface area contributed by atoms with Gasteiger partial charge in [-0.2, -0.15) is 0 Å². The maximum Gasteiger partial charge on any atom is 0.338 e. The third kappa shape index (κ3) is 7.96. The number of esters is 1. The maximum absolute atomic E-state index is 12.3. The molecule has 1 rings (SSSR count). The van der Waals surface area contributed by atoms with E-state index in [0.717, 1.165) is 0 Å². The molecule has 0 aliphatic heterocycles. The van der Waals surface area contributed by atoms with Gasteiger partial charge < -0.3 is 18.0 Å². The van der Waals surface area contributed by atoms with Crippen LogP contribution in [0.15, 0.2) is 12.1 Å². The quantitative estimate of drug-likeness (QED) is 0.415. The van der Waals surface area contributed by atoms with Crippen molar-refractivity contribution in [2.75, 3.05) is 6.61 Å². The summed E-state index contributed by atoms with van der Waals surface area (Å²) in [7, 11) is -5.76. The Morgan fingerprint density at radius 2 is 1.15 bits per heavy atom. The zero-order valence-corrected chi connectivity index (χ0v) is 20.9. The molecule has 0 heterocycles. The second kappa shape index (κ2) is 8.18. The fourth-order valence-electron chi connectivity index (χ4n) is 2.13. The molecule has 0 N–H and O–H groups in total. The monoisotopic (exact) mass is 414 g/mol. The molecule has 1 aromatic carbocycles. The van der Waals surface area contributed by atoms with Crippen molar-refractivity contribution in [2.45, 2.75) is 65.8 Å². The number of rotatable bonds is 8. The van der Waals surface area contributed by atoms with Gasteiger partial charge in [0, 0.05) is 0 Å². The van der Waals surface area contributed by atoms with Crippen LogP contribution in [0.2, 0.25) is 58.9 Å². The lowest BCUT2D eigenvalue weighted by Gasteiger charge is -2.30. The molecule has 0 radical (unpaired) electrons. The van der Waals surface area contributed by atoms with Gasteiger partial charge in [-0.15, -0.1) is 0 Å². The second-order valence-electron chi connectivity index (χ2n) is 9.17. The smallest absolute Gasteiger partial charge is 0.338 e. The molecule has 5 nitrogen and oxygen atoms in total. The number of carbonyl (C=O) groups is 1. The Morgan fingerprint density at radius 1 is 0.769 bits per heavy atom. The summed E-state index contributed by atoms with van der Waals surface area (Å²) in [6.45, 7) is 21.0. The van der Waals surface area contributed by atoms with Crippen molar-refractivity contribution in [3.8, 4) is 17.2 Å². The first-order chi connectivity index (χ1) is 11.6. The molecule has 148 valence electrons. The summed E-state index contributed by atoms with van der Waals surface area (Å²) in [5.41, 5.74) is 0.427. The predicted molar refractivity (Wildman–Crippen MR) is 114 cm³/mol. The van der Waals surface area contributed by atoms with E-state index in [1.54, 1.807) is 19.1 Å². The van der Waals surface area contributed by atoms with Crippen LogP contribution in [0.3, 0.4) is 0 Å². The van der Waals surface area contributed by atoms with Gasteiger partial charge in [-0.25, -0.2) is 4.79 Å². The molecular formula is C18H34O5Si3. The van der Waals surface area contributed by atoms with E-state index in [-0.39, 0.29) is 5.97 Å². The van der Waals surface area contributed by atoms with Crippen molar-refractivity contribution in [3.05, 3.63) is 17.7 Å². The molecule has 0 spiro atoms. The van der Waals surface area contributed by atoms with E-state index in [1.165, 1.54) is 0 Å². The first-order valence-corrected chi connectivity index (χ1v) is 19.3. The SMILES string of the molecule is CCOC(=O)c1cc(O[Si](C)(C)C)c(O[Si](C)(C)C)c(O[Si](C)(C)C)c1. The first kappa shape index (κ1) is 22.8. The highest BCUT2D eigenvalue weighted by molar-refractivity contribution is 6.71. The molecule has 0 aliphatic rings. The Hall–Kier alpha value is -1.26. The van der Waals surface area contributed by atoms with E-state index in [4.69, 9.17) is 18.0 Å². The third-order valence-electron chi connectivity index (χ3n) is 2.77. The Balaban J connectivity index is 3.60. The average molecular weight is 415 g/mol. The fourth-order valence-corrected chi connectivity index (χ4v) is 4.56. The van der Waals surface area contributed by atoms with Crippen molar-refractivity contribution in [3.63, 3.8) is 0 Å². The van der Waals surface area contributed by atoms with Crippen LogP contribution in [-0.2, 0) is 4.74 Å². The lowest BCUT2D eigenvalue weighted by molar-refractivity contribution is 0.0525. The Morgan fingerprint density at radius 3 is 1.46 bits per heavy atom. The van der Waals surface area contributed by atoms with E-state index < -0.39 is 25.0 Å². The van der Waals surface area contributed by atoms with Gasteiger partial charge in [-0.1, -0.05) is 0 Å². The van der Waals surface area contributed by atoms with E-state index >= 15 is 0 Å². The number of ether oxygens (including phenoxy) is 1. The Kier molecular flexibility index (Phi) is 7.17. The van der Waals surface area contributed by atoms with Gasteiger partial charge in [0.05, 0.1) is 12.2 Å². The second-order valence-corrected chi connectivity index (χ2v) is 22.5. The molecule has 1 aromatic rings. The molecule has 0 amide bonds. The van der Waals surface area contributed by atoms with Gasteiger partial charge in [0.15, 0.2) is 5.75 Å². The van der Waals surface area contributed by atoms with Crippen molar-refractivity contribution in [2.24, 2.45) is 0 Å². The standard InChI is InChI=1S/C18H34O5Si3/c1-11-20-18(19)14-12-15(21-24(2,3)4)17(23-26(8,9)10)16(13-14)22-25(5,6)7/h12-13H,11H2,1-10H3. The van der Waals surface area contributed by atoms with Gasteiger partial charge in [0.25, 0.3) is 0 Å². The van der Waals surface area contributed by atoms with Crippen LogP contribution in [0, 0.1) is 0 Å². The number of benzene rings is 1. The molecular weight excluding hydrogens is 380 g/mol. The summed E-state index contributed by atoms with van der Waals surface area (Å²) >= 11 is 0. The molecule has 0 aliphatic carbocycles. The molecule has 0 aromatic heterocycles. The van der Waals surface area contributed by atoms with E-state index in [1.807, 2.05) is 0 Å². The van der Waals surface area contributed by atoms with Gasteiger partial charge >= 0.3 is 5.97 Å². The van der Waals surface area contributed by atoms with Crippen LogP contribution < -0.4 is 13.3 Å². The third-order valence-corrected chi connectivity index (χ3v) is 5.25. The Labute approximate surface area is 161 Å². The number of hydrogen-bond donors (Lipinski definition) is 0. The fraction of sp³-hybridized carbons (Fsp3) is 0.611. The predicted octanol–water partition coefficient (Wildman–Crippen LogP) is 5.50. The van der Waals surface area contributed by atoms with E-state index in [2.05, 4.69) is 58.9 Å². The van der Waals surface area contributed by atoms with Crippen LogP contribution >= 0.6 is 0 Å². The molecule has 0 fully saturated rings.